The number of aliphatic hydroxyl groups excluding tert-OH is 1. The number of amides is 2. The molecule has 1 heterocycles. The first-order chi connectivity index (χ1) is 12.9. The third-order valence-electron chi connectivity index (χ3n) is 5.64. The van der Waals surface area contributed by atoms with Crippen LogP contribution >= 0.6 is 0 Å². The molecule has 2 fully saturated rings. The first kappa shape index (κ1) is 20.1. The molecule has 2 N–H and O–H groups in total. The van der Waals surface area contributed by atoms with E-state index in [1.807, 2.05) is 6.92 Å². The van der Waals surface area contributed by atoms with Gasteiger partial charge in [-0.1, -0.05) is 18.9 Å². The molecule has 0 unspecified atom stereocenters. The summed E-state index contributed by atoms with van der Waals surface area (Å²) in [6.45, 7) is 4.66. The minimum atomic E-state index is -3.34. The fraction of sp³-hybridized carbons (Fsp3) is 0.632. The summed E-state index contributed by atoms with van der Waals surface area (Å²) >= 11 is 0. The van der Waals surface area contributed by atoms with Crippen molar-refractivity contribution in [3.8, 4) is 0 Å². The minimum Gasteiger partial charge on any atom is -0.395 e. The molecule has 1 aromatic carbocycles. The SMILES string of the molecule is C[C@@H](CO)N1CCN(C(=O)Nc2cccc(S(=O)(=O)C3CCCC3)c2)CC1. The van der Waals surface area contributed by atoms with Gasteiger partial charge < -0.3 is 15.3 Å². The number of nitrogens with zero attached hydrogens (tertiary/aromatic N) is 2. The summed E-state index contributed by atoms with van der Waals surface area (Å²) in [4.78, 5) is 16.7. The molecule has 1 atom stereocenters. The normalized spacial score (nSPS) is 20.6. The van der Waals surface area contributed by atoms with Crippen molar-refractivity contribution in [3.05, 3.63) is 24.3 Å². The van der Waals surface area contributed by atoms with Crippen molar-refractivity contribution in [1.29, 1.82) is 0 Å². The molecule has 1 saturated carbocycles. The molecule has 3 rings (SSSR count). The van der Waals surface area contributed by atoms with Gasteiger partial charge in [-0.2, -0.15) is 0 Å². The number of carbonyl (C=O) groups is 1. The first-order valence-electron chi connectivity index (χ1n) is 9.66. The maximum absolute atomic E-state index is 12.8. The number of rotatable bonds is 5. The Kier molecular flexibility index (Phi) is 6.39. The van der Waals surface area contributed by atoms with Crippen molar-refractivity contribution in [2.45, 2.75) is 48.8 Å². The van der Waals surface area contributed by atoms with Crippen molar-refractivity contribution in [2.75, 3.05) is 38.1 Å². The predicted molar refractivity (Wildman–Crippen MR) is 105 cm³/mol. The Morgan fingerprint density at radius 3 is 2.52 bits per heavy atom. The molecule has 0 spiro atoms. The van der Waals surface area contributed by atoms with Gasteiger partial charge >= 0.3 is 6.03 Å². The number of sulfone groups is 1. The zero-order chi connectivity index (χ0) is 19.4. The Labute approximate surface area is 161 Å². The zero-order valence-corrected chi connectivity index (χ0v) is 16.6. The maximum atomic E-state index is 12.8. The van der Waals surface area contributed by atoms with Gasteiger partial charge in [0.25, 0.3) is 0 Å². The van der Waals surface area contributed by atoms with Crippen LogP contribution in [0.4, 0.5) is 10.5 Å². The Morgan fingerprint density at radius 1 is 1.22 bits per heavy atom. The van der Waals surface area contributed by atoms with E-state index in [1.165, 1.54) is 0 Å². The molecule has 27 heavy (non-hydrogen) atoms. The second kappa shape index (κ2) is 8.58. The van der Waals surface area contributed by atoms with Gasteiger partial charge in [0.05, 0.1) is 16.8 Å². The van der Waals surface area contributed by atoms with Gasteiger partial charge in [0, 0.05) is 37.9 Å². The molecule has 1 aliphatic heterocycles. The van der Waals surface area contributed by atoms with E-state index >= 15 is 0 Å². The molecule has 1 saturated heterocycles. The monoisotopic (exact) mass is 395 g/mol. The van der Waals surface area contributed by atoms with Gasteiger partial charge in [-0.15, -0.1) is 0 Å². The van der Waals surface area contributed by atoms with Crippen molar-refractivity contribution in [3.63, 3.8) is 0 Å². The topological polar surface area (TPSA) is 89.9 Å². The summed E-state index contributed by atoms with van der Waals surface area (Å²) in [5.41, 5.74) is 0.505. The number of hydrogen-bond acceptors (Lipinski definition) is 5. The number of anilines is 1. The van der Waals surface area contributed by atoms with Crippen molar-refractivity contribution < 1.29 is 18.3 Å². The van der Waals surface area contributed by atoms with Crippen LogP contribution in [0.15, 0.2) is 29.2 Å². The summed E-state index contributed by atoms with van der Waals surface area (Å²) in [5, 5.41) is 11.8. The second-order valence-corrected chi connectivity index (χ2v) is 9.69. The van der Waals surface area contributed by atoms with Crippen molar-refractivity contribution in [1.82, 2.24) is 9.80 Å². The van der Waals surface area contributed by atoms with Crippen LogP contribution in [-0.2, 0) is 9.84 Å². The summed E-state index contributed by atoms with van der Waals surface area (Å²) < 4.78 is 25.5. The molecule has 2 aliphatic rings. The summed E-state index contributed by atoms with van der Waals surface area (Å²) in [5.74, 6) is 0. The highest BCUT2D eigenvalue weighted by atomic mass is 32.2. The van der Waals surface area contributed by atoms with E-state index in [9.17, 15) is 18.3 Å². The smallest absolute Gasteiger partial charge is 0.321 e. The second-order valence-electron chi connectivity index (χ2n) is 7.46. The first-order valence-corrected chi connectivity index (χ1v) is 11.2. The van der Waals surface area contributed by atoms with Crippen LogP contribution in [0.25, 0.3) is 0 Å². The number of urea groups is 1. The van der Waals surface area contributed by atoms with Crippen LogP contribution in [-0.4, -0.2) is 73.4 Å². The third kappa shape index (κ3) is 4.62. The zero-order valence-electron chi connectivity index (χ0n) is 15.8. The van der Waals surface area contributed by atoms with Crippen molar-refractivity contribution >= 4 is 21.6 Å². The Bertz CT molecular complexity index is 754. The average Bonchev–Trinajstić information content (AvgIpc) is 3.23. The van der Waals surface area contributed by atoms with Gasteiger partial charge in [-0.25, -0.2) is 13.2 Å². The highest BCUT2D eigenvalue weighted by Gasteiger charge is 2.30. The van der Waals surface area contributed by atoms with Crippen LogP contribution in [0, 0.1) is 0 Å². The van der Waals surface area contributed by atoms with Gasteiger partial charge in [-0.05, 0) is 38.0 Å². The van der Waals surface area contributed by atoms with Crippen LogP contribution in [0.2, 0.25) is 0 Å². The van der Waals surface area contributed by atoms with E-state index in [-0.39, 0.29) is 28.8 Å². The van der Waals surface area contributed by atoms with E-state index in [4.69, 9.17) is 0 Å². The lowest BCUT2D eigenvalue weighted by Crippen LogP contribution is -2.53. The predicted octanol–water partition coefficient (Wildman–Crippen LogP) is 1.93. The van der Waals surface area contributed by atoms with Gasteiger partial charge in [-0.3, -0.25) is 4.90 Å². The van der Waals surface area contributed by atoms with Crippen LogP contribution in [0.5, 0.6) is 0 Å². The lowest BCUT2D eigenvalue weighted by molar-refractivity contribution is 0.0870. The van der Waals surface area contributed by atoms with Gasteiger partial charge in [0.2, 0.25) is 0 Å². The number of carbonyl (C=O) groups excluding carboxylic acids is 1. The maximum Gasteiger partial charge on any atom is 0.321 e. The Morgan fingerprint density at radius 2 is 1.89 bits per heavy atom. The molecule has 150 valence electrons. The molecule has 0 radical (unpaired) electrons. The van der Waals surface area contributed by atoms with Gasteiger partial charge in [0.15, 0.2) is 9.84 Å². The fourth-order valence-corrected chi connectivity index (χ4v) is 5.72. The van der Waals surface area contributed by atoms with E-state index in [2.05, 4.69) is 10.2 Å². The number of aliphatic hydroxyl groups is 1. The van der Waals surface area contributed by atoms with Crippen LogP contribution in [0.1, 0.15) is 32.6 Å². The molecule has 0 bridgehead atoms. The van der Waals surface area contributed by atoms with E-state index in [0.29, 0.717) is 31.9 Å². The molecule has 7 nitrogen and oxygen atoms in total. The van der Waals surface area contributed by atoms with E-state index < -0.39 is 9.84 Å². The largest absolute Gasteiger partial charge is 0.395 e. The minimum absolute atomic E-state index is 0.0905. The lowest BCUT2D eigenvalue weighted by atomic mass is 10.2. The number of piperazine rings is 1. The van der Waals surface area contributed by atoms with E-state index in [0.717, 1.165) is 25.7 Å². The standard InChI is InChI=1S/C19H29N3O4S/c1-15(14-23)21-9-11-22(12-10-21)19(24)20-16-5-4-8-18(13-16)27(25,26)17-6-2-3-7-17/h4-5,8,13,15,17,23H,2-3,6-7,9-12,14H2,1H3,(H,20,24)/t15-/m0/s1. The molecule has 8 heteroatoms. The van der Waals surface area contributed by atoms with E-state index in [1.54, 1.807) is 29.2 Å². The molecule has 1 aliphatic carbocycles. The lowest BCUT2D eigenvalue weighted by Gasteiger charge is -2.37. The third-order valence-corrected chi connectivity index (χ3v) is 7.90. The highest BCUT2D eigenvalue weighted by molar-refractivity contribution is 7.92. The molecule has 2 amide bonds. The number of benzene rings is 1. The summed E-state index contributed by atoms with van der Waals surface area (Å²) in [6.07, 6.45) is 3.35. The summed E-state index contributed by atoms with van der Waals surface area (Å²) in [7, 11) is -3.34. The van der Waals surface area contributed by atoms with Crippen LogP contribution < -0.4 is 5.32 Å². The fourth-order valence-electron chi connectivity index (χ4n) is 3.83. The summed E-state index contributed by atoms with van der Waals surface area (Å²) in [6, 6.07) is 6.44. The molecular weight excluding hydrogens is 366 g/mol. The Balaban J connectivity index is 1.62. The number of nitrogens with one attached hydrogen (secondary N) is 1. The molecule has 0 aromatic heterocycles. The van der Waals surface area contributed by atoms with Crippen LogP contribution in [0.3, 0.4) is 0 Å². The molecular formula is C19H29N3O4S. The van der Waals surface area contributed by atoms with Crippen molar-refractivity contribution in [2.24, 2.45) is 0 Å². The molecule has 1 aromatic rings. The Hall–Kier alpha value is -1.64. The van der Waals surface area contributed by atoms with Gasteiger partial charge in [0.1, 0.15) is 0 Å². The average molecular weight is 396 g/mol. The number of hydrogen-bond donors (Lipinski definition) is 2. The highest BCUT2D eigenvalue weighted by Crippen LogP contribution is 2.30. The quantitative estimate of drug-likeness (QED) is 0.795.